The van der Waals surface area contributed by atoms with Crippen LogP contribution in [0.2, 0.25) is 0 Å². The molecule has 0 saturated heterocycles. The van der Waals surface area contributed by atoms with E-state index in [4.69, 9.17) is 5.11 Å². The van der Waals surface area contributed by atoms with E-state index in [1.54, 1.807) is 0 Å². The number of hydrogen-bond acceptors (Lipinski definition) is 4. The third-order valence-electron chi connectivity index (χ3n) is 2.70. The van der Waals surface area contributed by atoms with E-state index in [0.29, 0.717) is 10.7 Å². The fourth-order valence-electron chi connectivity index (χ4n) is 1.71. The summed E-state index contributed by atoms with van der Waals surface area (Å²) in [6.07, 6.45) is -0.449. The Morgan fingerprint density at radius 1 is 1.29 bits per heavy atom. The summed E-state index contributed by atoms with van der Waals surface area (Å²) in [6, 6.07) is 3.37. The first kappa shape index (κ1) is 14.6. The van der Waals surface area contributed by atoms with Crippen LogP contribution in [0.4, 0.5) is 8.78 Å². The van der Waals surface area contributed by atoms with Gasteiger partial charge in [-0.1, -0.05) is 0 Å². The largest absolute Gasteiger partial charge is 0.506 e. The highest BCUT2D eigenvalue weighted by molar-refractivity contribution is 5.67. The second-order valence-electron chi connectivity index (χ2n) is 4.22. The summed E-state index contributed by atoms with van der Waals surface area (Å²) >= 11 is 0. The Balaban J connectivity index is 2.50. The quantitative estimate of drug-likeness (QED) is 0.885. The minimum Gasteiger partial charge on any atom is -0.506 e. The molecule has 0 amide bonds. The van der Waals surface area contributed by atoms with Gasteiger partial charge in [0.15, 0.2) is 5.82 Å². The molecule has 0 atom stereocenters. The zero-order valence-corrected chi connectivity index (χ0v) is 10.6. The number of aliphatic carboxylic acids is 1. The van der Waals surface area contributed by atoms with E-state index in [-0.39, 0.29) is 24.2 Å². The van der Waals surface area contributed by atoms with Crippen LogP contribution in [0.3, 0.4) is 0 Å². The van der Waals surface area contributed by atoms with Crippen molar-refractivity contribution in [3.05, 3.63) is 51.9 Å². The van der Waals surface area contributed by atoms with Crippen molar-refractivity contribution in [3.63, 3.8) is 0 Å². The highest BCUT2D eigenvalue weighted by Crippen LogP contribution is 2.16. The fourth-order valence-corrected chi connectivity index (χ4v) is 1.71. The van der Waals surface area contributed by atoms with Crippen LogP contribution in [-0.2, 0) is 11.2 Å². The molecule has 2 N–H and O–H groups in total. The highest BCUT2D eigenvalue weighted by Gasteiger charge is 2.14. The molecule has 0 aliphatic heterocycles. The van der Waals surface area contributed by atoms with Crippen molar-refractivity contribution in [2.24, 2.45) is 0 Å². The lowest BCUT2D eigenvalue weighted by Gasteiger charge is -2.09. The lowest BCUT2D eigenvalue weighted by Crippen LogP contribution is -2.23. The van der Waals surface area contributed by atoms with E-state index in [1.807, 2.05) is 0 Å². The Morgan fingerprint density at radius 2 is 2.00 bits per heavy atom. The number of carboxylic acid groups (broad SMARTS) is 1. The Labute approximate surface area is 116 Å². The van der Waals surface area contributed by atoms with Gasteiger partial charge in [-0.05, 0) is 12.1 Å². The zero-order valence-electron chi connectivity index (χ0n) is 10.6. The molecule has 110 valence electrons. The predicted molar refractivity (Wildman–Crippen MR) is 67.4 cm³/mol. The Morgan fingerprint density at radius 3 is 2.62 bits per heavy atom. The molecular weight excluding hydrogens is 286 g/mol. The van der Waals surface area contributed by atoms with Crippen molar-refractivity contribution in [2.75, 3.05) is 0 Å². The third-order valence-corrected chi connectivity index (χ3v) is 2.70. The van der Waals surface area contributed by atoms with Crippen LogP contribution in [0.1, 0.15) is 12.1 Å². The van der Waals surface area contributed by atoms with Crippen molar-refractivity contribution in [2.45, 2.75) is 12.8 Å². The number of benzene rings is 1. The maximum atomic E-state index is 13.7. The Bertz CT molecular complexity index is 758. The van der Waals surface area contributed by atoms with Crippen LogP contribution >= 0.6 is 0 Å². The smallest absolute Gasteiger partial charge is 0.303 e. The molecule has 1 aromatic heterocycles. The molecule has 0 spiro atoms. The molecular formula is C13H10F2N2O4. The van der Waals surface area contributed by atoms with Crippen molar-refractivity contribution >= 4 is 5.97 Å². The maximum absolute atomic E-state index is 13.7. The number of carboxylic acids is 1. The van der Waals surface area contributed by atoms with Gasteiger partial charge in [0.05, 0.1) is 6.42 Å². The lowest BCUT2D eigenvalue weighted by molar-refractivity contribution is -0.136. The SMILES string of the molecule is O=C(O)CCc1nn(-c2ccc(F)cc2F)c(=O)cc1O. The molecule has 8 heteroatoms. The molecule has 6 nitrogen and oxygen atoms in total. The van der Waals surface area contributed by atoms with Crippen LogP contribution in [-0.4, -0.2) is 26.0 Å². The van der Waals surface area contributed by atoms with Crippen molar-refractivity contribution in [1.82, 2.24) is 9.78 Å². The van der Waals surface area contributed by atoms with Gasteiger partial charge in [-0.2, -0.15) is 9.78 Å². The third kappa shape index (κ3) is 3.22. The standard InChI is InChI=1S/C13H10F2N2O4/c14-7-1-3-10(8(15)5-7)17-12(19)6-11(18)9(16-17)2-4-13(20)21/h1,3,5-6,18H,2,4H2,(H,20,21). The zero-order chi connectivity index (χ0) is 15.6. The van der Waals surface area contributed by atoms with E-state index in [0.717, 1.165) is 18.2 Å². The minimum atomic E-state index is -1.11. The summed E-state index contributed by atoms with van der Waals surface area (Å²) < 4.78 is 27.2. The number of halogens is 2. The summed E-state index contributed by atoms with van der Waals surface area (Å²) in [5.41, 5.74) is -1.18. The molecule has 0 fully saturated rings. The van der Waals surface area contributed by atoms with Crippen LogP contribution in [0.25, 0.3) is 5.69 Å². The number of carbonyl (C=O) groups is 1. The van der Waals surface area contributed by atoms with Gasteiger partial charge in [-0.25, -0.2) is 8.78 Å². The van der Waals surface area contributed by atoms with Gasteiger partial charge in [0.1, 0.15) is 22.9 Å². The summed E-state index contributed by atoms with van der Waals surface area (Å²) in [7, 11) is 0. The molecule has 0 aliphatic carbocycles. The minimum absolute atomic E-state index is 0.0688. The molecule has 0 radical (unpaired) electrons. The second kappa shape index (κ2) is 5.70. The van der Waals surface area contributed by atoms with Crippen molar-refractivity contribution in [3.8, 4) is 11.4 Å². The monoisotopic (exact) mass is 296 g/mol. The number of nitrogens with zero attached hydrogens (tertiary/aromatic N) is 2. The van der Waals surface area contributed by atoms with Crippen LogP contribution < -0.4 is 5.56 Å². The molecule has 1 heterocycles. The summed E-state index contributed by atoms with van der Waals surface area (Å²) in [6.45, 7) is 0. The first-order chi connectivity index (χ1) is 9.88. The number of aryl methyl sites for hydroxylation is 1. The van der Waals surface area contributed by atoms with Gasteiger partial charge in [0.25, 0.3) is 5.56 Å². The average molecular weight is 296 g/mol. The van der Waals surface area contributed by atoms with Gasteiger partial charge in [-0.15, -0.1) is 0 Å². The number of aromatic nitrogens is 2. The first-order valence-corrected chi connectivity index (χ1v) is 5.88. The fraction of sp³-hybridized carbons (Fsp3) is 0.154. The van der Waals surface area contributed by atoms with E-state index in [9.17, 15) is 23.5 Å². The molecule has 2 rings (SSSR count). The summed E-state index contributed by atoms with van der Waals surface area (Å²) in [5, 5.41) is 21.9. The molecule has 0 unspecified atom stereocenters. The molecule has 1 aromatic carbocycles. The van der Waals surface area contributed by atoms with Crippen molar-refractivity contribution < 1.29 is 23.8 Å². The van der Waals surface area contributed by atoms with Crippen LogP contribution in [0, 0.1) is 11.6 Å². The first-order valence-electron chi connectivity index (χ1n) is 5.88. The highest BCUT2D eigenvalue weighted by atomic mass is 19.1. The second-order valence-corrected chi connectivity index (χ2v) is 4.22. The van der Waals surface area contributed by atoms with E-state index in [1.165, 1.54) is 0 Å². The van der Waals surface area contributed by atoms with E-state index < -0.39 is 28.9 Å². The molecule has 0 saturated carbocycles. The van der Waals surface area contributed by atoms with Gasteiger partial charge >= 0.3 is 5.97 Å². The maximum Gasteiger partial charge on any atom is 0.303 e. The van der Waals surface area contributed by atoms with Crippen LogP contribution in [0.15, 0.2) is 29.1 Å². The van der Waals surface area contributed by atoms with Gasteiger partial charge < -0.3 is 10.2 Å². The van der Waals surface area contributed by atoms with Gasteiger partial charge in [-0.3, -0.25) is 9.59 Å². The van der Waals surface area contributed by atoms with E-state index >= 15 is 0 Å². The van der Waals surface area contributed by atoms with Gasteiger partial charge in [0, 0.05) is 18.6 Å². The average Bonchev–Trinajstić information content (AvgIpc) is 2.38. The number of rotatable bonds is 4. The Kier molecular flexibility index (Phi) is 3.97. The number of hydrogen-bond donors (Lipinski definition) is 2. The Hall–Kier alpha value is -2.77. The van der Waals surface area contributed by atoms with Gasteiger partial charge in [0.2, 0.25) is 0 Å². The topological polar surface area (TPSA) is 92.4 Å². The van der Waals surface area contributed by atoms with Crippen LogP contribution in [0.5, 0.6) is 5.75 Å². The molecule has 21 heavy (non-hydrogen) atoms. The molecule has 0 aliphatic rings. The molecule has 2 aromatic rings. The molecule has 0 bridgehead atoms. The summed E-state index contributed by atoms with van der Waals surface area (Å²) in [5.74, 6) is -3.39. The normalized spacial score (nSPS) is 10.6. The summed E-state index contributed by atoms with van der Waals surface area (Å²) in [4.78, 5) is 22.2. The lowest BCUT2D eigenvalue weighted by atomic mass is 10.2. The van der Waals surface area contributed by atoms with Crippen molar-refractivity contribution in [1.29, 1.82) is 0 Å². The van der Waals surface area contributed by atoms with E-state index in [2.05, 4.69) is 5.10 Å². The predicted octanol–water partition coefficient (Wildman–Crippen LogP) is 1.23. The number of aromatic hydroxyl groups is 1.